The highest BCUT2D eigenvalue weighted by Gasteiger charge is 2.30. The molecule has 11 nitrogen and oxygen atoms in total. The maximum Gasteiger partial charge on any atom is 0.415 e. The van der Waals surface area contributed by atoms with E-state index in [-0.39, 0.29) is 18.5 Å². The van der Waals surface area contributed by atoms with Gasteiger partial charge in [-0.1, -0.05) is 6.92 Å². The van der Waals surface area contributed by atoms with Crippen molar-refractivity contribution in [1.29, 1.82) is 0 Å². The Bertz CT molecular complexity index is 2070. The number of alkyl halides is 1. The summed E-state index contributed by atoms with van der Waals surface area (Å²) in [5.41, 5.74) is 13.6. The summed E-state index contributed by atoms with van der Waals surface area (Å²) in [4.78, 5) is 43.8. The normalized spacial score (nSPS) is 17.2. The number of carbonyl (C=O) groups is 2. The SMILES string of the molecule is CCc1nc(N2CCOC2=O)ccc1-c1ccc2cc(-c3nc4cc5c(cc4n3C)CCN(CC(N)CF)C5=O)n(CC3CC3)c2n1. The lowest BCUT2D eigenvalue weighted by Crippen LogP contribution is -2.45. The first-order valence-corrected chi connectivity index (χ1v) is 16.4. The molecule has 1 saturated carbocycles. The number of carbonyl (C=O) groups excluding carboxylic acids is 2. The molecule has 1 saturated heterocycles. The Kier molecular flexibility index (Phi) is 7.20. The molecular formula is C35H37FN8O3. The molecule has 5 aromatic rings. The predicted octanol–water partition coefficient (Wildman–Crippen LogP) is 4.88. The number of rotatable bonds is 9. The molecule has 47 heavy (non-hydrogen) atoms. The molecule has 1 aromatic carbocycles. The number of nitrogens with two attached hydrogens (primary N) is 1. The summed E-state index contributed by atoms with van der Waals surface area (Å²) in [6.45, 7) is 3.80. The first kappa shape index (κ1) is 29.6. The van der Waals surface area contributed by atoms with Gasteiger partial charge in [0, 0.05) is 43.2 Å². The molecule has 0 spiro atoms. The Labute approximate surface area is 271 Å². The second-order valence-corrected chi connectivity index (χ2v) is 12.9. The third-order valence-corrected chi connectivity index (χ3v) is 9.65. The lowest BCUT2D eigenvalue weighted by atomic mass is 9.97. The van der Waals surface area contributed by atoms with Gasteiger partial charge in [0.15, 0.2) is 5.82 Å². The number of benzene rings is 1. The second kappa shape index (κ2) is 11.4. The van der Waals surface area contributed by atoms with E-state index < -0.39 is 12.7 Å². The summed E-state index contributed by atoms with van der Waals surface area (Å²) in [6.07, 6.45) is 3.37. The van der Waals surface area contributed by atoms with Crippen molar-refractivity contribution in [3.05, 3.63) is 59.3 Å². The van der Waals surface area contributed by atoms with Crippen LogP contribution in [0.2, 0.25) is 0 Å². The van der Waals surface area contributed by atoms with Crippen molar-refractivity contribution in [2.24, 2.45) is 18.7 Å². The van der Waals surface area contributed by atoms with Crippen LogP contribution in [0.4, 0.5) is 15.0 Å². The van der Waals surface area contributed by atoms with Gasteiger partial charge in [0.25, 0.3) is 5.91 Å². The second-order valence-electron chi connectivity index (χ2n) is 12.9. The van der Waals surface area contributed by atoms with Crippen LogP contribution in [0.15, 0.2) is 42.5 Å². The third kappa shape index (κ3) is 5.11. The number of nitrogens with zero attached hydrogens (tertiary/aromatic N) is 7. The van der Waals surface area contributed by atoms with Crippen LogP contribution in [0.3, 0.4) is 0 Å². The van der Waals surface area contributed by atoms with Crippen molar-refractivity contribution < 1.29 is 18.7 Å². The van der Waals surface area contributed by atoms with Crippen molar-refractivity contribution in [3.8, 4) is 22.8 Å². The monoisotopic (exact) mass is 636 g/mol. The minimum absolute atomic E-state index is 0.127. The lowest BCUT2D eigenvalue weighted by molar-refractivity contribution is 0.0725. The summed E-state index contributed by atoms with van der Waals surface area (Å²) >= 11 is 0. The van der Waals surface area contributed by atoms with Crippen LogP contribution in [-0.4, -0.2) is 79.9 Å². The summed E-state index contributed by atoms with van der Waals surface area (Å²) in [6, 6.07) is 13.4. The number of hydrogen-bond acceptors (Lipinski definition) is 7. The number of cyclic esters (lactones) is 1. The first-order chi connectivity index (χ1) is 22.8. The van der Waals surface area contributed by atoms with E-state index in [1.807, 2.05) is 31.3 Å². The zero-order valence-corrected chi connectivity index (χ0v) is 26.6. The van der Waals surface area contributed by atoms with Gasteiger partial charge in [-0.3, -0.25) is 9.69 Å². The zero-order chi connectivity index (χ0) is 32.4. The summed E-state index contributed by atoms with van der Waals surface area (Å²) < 4.78 is 22.6. The van der Waals surface area contributed by atoms with Crippen molar-refractivity contribution in [1.82, 2.24) is 29.0 Å². The van der Waals surface area contributed by atoms with Crippen LogP contribution in [0.25, 0.3) is 44.8 Å². The average molecular weight is 637 g/mol. The van der Waals surface area contributed by atoms with E-state index >= 15 is 0 Å². The standard InChI is InChI=1S/C35H37FN8O3/c1-3-26-24(7-9-31(38-26)43-12-13-47-35(43)46)27-8-6-22-15-30(44(32(22)39-27)18-20-4-5-20)33-40-28-16-25-21(14-29(28)41(33)2)10-11-42(34(25)45)19-23(37)17-36/h6-9,14-16,20,23H,3-5,10-13,17-19,37H2,1-2H3. The molecule has 12 heteroatoms. The van der Waals surface area contributed by atoms with Crippen molar-refractivity contribution in [2.75, 3.05) is 37.8 Å². The maximum absolute atomic E-state index is 13.3. The first-order valence-electron chi connectivity index (χ1n) is 16.4. The van der Waals surface area contributed by atoms with Gasteiger partial charge >= 0.3 is 6.09 Å². The van der Waals surface area contributed by atoms with Crippen LogP contribution < -0.4 is 10.6 Å². The van der Waals surface area contributed by atoms with Crippen LogP contribution in [-0.2, 0) is 31.2 Å². The number of pyridine rings is 2. The van der Waals surface area contributed by atoms with Gasteiger partial charge in [0.1, 0.15) is 24.7 Å². The molecule has 1 atom stereocenters. The molecule has 0 radical (unpaired) electrons. The van der Waals surface area contributed by atoms with E-state index in [2.05, 4.69) is 34.3 Å². The Morgan fingerprint density at radius 3 is 2.64 bits per heavy atom. The number of imidazole rings is 1. The minimum Gasteiger partial charge on any atom is -0.447 e. The molecular weight excluding hydrogens is 599 g/mol. The van der Waals surface area contributed by atoms with E-state index in [0.29, 0.717) is 49.8 Å². The zero-order valence-electron chi connectivity index (χ0n) is 26.6. The third-order valence-electron chi connectivity index (χ3n) is 9.65. The smallest absolute Gasteiger partial charge is 0.415 e. The van der Waals surface area contributed by atoms with Gasteiger partial charge in [0.05, 0.1) is 40.7 Å². The Hall–Kier alpha value is -4.84. The largest absolute Gasteiger partial charge is 0.447 e. The minimum atomic E-state index is -0.687. The number of ether oxygens (including phenoxy) is 1. The number of halogens is 1. The number of anilines is 1. The number of aromatic nitrogens is 5. The van der Waals surface area contributed by atoms with E-state index in [0.717, 1.165) is 62.6 Å². The Morgan fingerprint density at radius 1 is 1.04 bits per heavy atom. The lowest BCUT2D eigenvalue weighted by Gasteiger charge is -2.30. The molecule has 2 N–H and O–H groups in total. The molecule has 1 aliphatic carbocycles. The van der Waals surface area contributed by atoms with Crippen molar-refractivity contribution in [3.63, 3.8) is 0 Å². The van der Waals surface area contributed by atoms with Gasteiger partial charge in [-0.15, -0.1) is 0 Å². The highest BCUT2D eigenvalue weighted by molar-refractivity contribution is 6.00. The summed E-state index contributed by atoms with van der Waals surface area (Å²) in [7, 11) is 2.02. The Morgan fingerprint density at radius 2 is 1.89 bits per heavy atom. The topological polar surface area (TPSA) is 124 Å². The molecule has 2 amide bonds. The number of amides is 2. The molecule has 8 rings (SSSR count). The van der Waals surface area contributed by atoms with Crippen molar-refractivity contribution in [2.45, 2.75) is 45.2 Å². The molecule has 242 valence electrons. The van der Waals surface area contributed by atoms with Gasteiger partial charge < -0.3 is 24.5 Å². The van der Waals surface area contributed by atoms with Gasteiger partial charge in [0.2, 0.25) is 0 Å². The molecule has 6 heterocycles. The predicted molar refractivity (Wildman–Crippen MR) is 177 cm³/mol. The molecule has 2 fully saturated rings. The van der Waals surface area contributed by atoms with Crippen LogP contribution in [0, 0.1) is 5.92 Å². The van der Waals surface area contributed by atoms with Crippen LogP contribution in [0.5, 0.6) is 0 Å². The molecule has 3 aliphatic rings. The van der Waals surface area contributed by atoms with Crippen molar-refractivity contribution >= 4 is 39.9 Å². The molecule has 4 aromatic heterocycles. The quantitative estimate of drug-likeness (QED) is 0.245. The maximum atomic E-state index is 13.3. The Balaban J connectivity index is 1.20. The molecule has 2 aliphatic heterocycles. The fourth-order valence-corrected chi connectivity index (χ4v) is 6.90. The van der Waals surface area contributed by atoms with Crippen LogP contribution >= 0.6 is 0 Å². The van der Waals surface area contributed by atoms with Gasteiger partial charge in [-0.2, -0.15) is 0 Å². The summed E-state index contributed by atoms with van der Waals surface area (Å²) in [5, 5.41) is 1.02. The molecule has 1 unspecified atom stereocenters. The van der Waals surface area contributed by atoms with E-state index in [1.165, 1.54) is 12.8 Å². The average Bonchev–Trinajstić information content (AvgIpc) is 3.57. The fraction of sp³-hybridized carbons (Fsp3) is 0.400. The van der Waals surface area contributed by atoms with E-state index in [9.17, 15) is 14.0 Å². The van der Waals surface area contributed by atoms with Gasteiger partial charge in [-0.25, -0.2) is 24.1 Å². The number of aryl methyl sites for hydroxylation is 2. The van der Waals surface area contributed by atoms with Gasteiger partial charge in [-0.05, 0) is 79.6 Å². The number of fused-ring (bicyclic) bond motifs is 3. The highest BCUT2D eigenvalue weighted by atomic mass is 19.1. The molecule has 0 bridgehead atoms. The summed E-state index contributed by atoms with van der Waals surface area (Å²) in [5.74, 6) is 1.86. The van der Waals surface area contributed by atoms with Crippen LogP contribution in [0.1, 0.15) is 41.4 Å². The highest BCUT2D eigenvalue weighted by Crippen LogP contribution is 2.37. The van der Waals surface area contributed by atoms with E-state index in [1.54, 1.807) is 9.80 Å². The van der Waals surface area contributed by atoms with E-state index in [4.69, 9.17) is 25.4 Å². The fourth-order valence-electron chi connectivity index (χ4n) is 6.90. The number of hydrogen-bond donors (Lipinski definition) is 1.